The molecule has 0 bridgehead atoms. The molecule has 16 heavy (non-hydrogen) atoms. The Bertz CT molecular complexity index is 481. The average molecular weight is 348 g/mol. The molecule has 0 saturated heterocycles. The molecule has 4 heteroatoms. The predicted molar refractivity (Wildman–Crippen MR) is 68.2 cm³/mol. The van der Waals surface area contributed by atoms with Crippen LogP contribution in [0.2, 0.25) is 0 Å². The highest BCUT2D eigenvalue weighted by molar-refractivity contribution is 9.10. The van der Waals surface area contributed by atoms with Gasteiger partial charge in [0.1, 0.15) is 5.82 Å². The average Bonchev–Trinajstić information content (AvgIpc) is 2.64. The highest BCUT2D eigenvalue weighted by Crippen LogP contribution is 2.33. The summed E-state index contributed by atoms with van der Waals surface area (Å²) in [5.74, 6) is -0.205. The Morgan fingerprint density at radius 2 is 2.12 bits per heavy atom. The van der Waals surface area contributed by atoms with Gasteiger partial charge in [0.25, 0.3) is 0 Å². The minimum atomic E-state index is -0.205. The van der Waals surface area contributed by atoms with Gasteiger partial charge in [0.2, 0.25) is 0 Å². The molecule has 1 unspecified atom stereocenters. The number of rotatable bonds is 3. The number of furan rings is 1. The molecule has 0 saturated carbocycles. The van der Waals surface area contributed by atoms with Gasteiger partial charge in [-0.15, -0.1) is 0 Å². The molecule has 1 atom stereocenters. The van der Waals surface area contributed by atoms with Crippen LogP contribution in [0.15, 0.2) is 45.7 Å². The Kier molecular flexibility index (Phi) is 3.82. The summed E-state index contributed by atoms with van der Waals surface area (Å²) >= 11 is 6.89. The molecule has 2 rings (SSSR count). The van der Waals surface area contributed by atoms with Crippen molar-refractivity contribution in [1.29, 1.82) is 0 Å². The van der Waals surface area contributed by atoms with Gasteiger partial charge in [-0.25, -0.2) is 4.39 Å². The zero-order valence-electron chi connectivity index (χ0n) is 8.29. The fraction of sp³-hybridized carbons (Fsp3) is 0.167. The molecule has 1 nitrogen and oxygen atoms in total. The molecule has 1 heterocycles. The summed E-state index contributed by atoms with van der Waals surface area (Å²) in [7, 11) is 0. The molecule has 1 aromatic heterocycles. The lowest BCUT2D eigenvalue weighted by atomic mass is 10.1. The van der Waals surface area contributed by atoms with Crippen molar-refractivity contribution in [2.75, 3.05) is 0 Å². The quantitative estimate of drug-likeness (QED) is 0.722. The van der Waals surface area contributed by atoms with Gasteiger partial charge in [-0.1, -0.05) is 28.1 Å². The Hall–Kier alpha value is -0.610. The number of hydrogen-bond acceptors (Lipinski definition) is 1. The van der Waals surface area contributed by atoms with Crippen LogP contribution in [-0.2, 0) is 6.42 Å². The lowest BCUT2D eigenvalue weighted by Gasteiger charge is -2.08. The molecule has 84 valence electrons. The second kappa shape index (κ2) is 5.15. The molecule has 0 spiro atoms. The van der Waals surface area contributed by atoms with Crippen molar-refractivity contribution in [3.05, 3.63) is 58.2 Å². The van der Waals surface area contributed by atoms with Crippen molar-refractivity contribution in [2.24, 2.45) is 0 Å². The standard InChI is InChI=1S/C12H9Br2FO/c13-11(10-4-5-16-12(10)14)7-8-2-1-3-9(15)6-8/h1-6,11H,7H2. The van der Waals surface area contributed by atoms with Crippen LogP contribution in [0.3, 0.4) is 0 Å². The molecule has 2 aromatic rings. The van der Waals surface area contributed by atoms with E-state index in [-0.39, 0.29) is 10.6 Å². The monoisotopic (exact) mass is 346 g/mol. The minimum Gasteiger partial charge on any atom is -0.457 e. The van der Waals surface area contributed by atoms with Crippen LogP contribution < -0.4 is 0 Å². The van der Waals surface area contributed by atoms with E-state index in [1.165, 1.54) is 6.07 Å². The Morgan fingerprint density at radius 1 is 1.31 bits per heavy atom. The molecular weight excluding hydrogens is 339 g/mol. The Labute approximate surface area is 110 Å². The van der Waals surface area contributed by atoms with E-state index in [0.717, 1.165) is 17.5 Å². The normalized spacial score (nSPS) is 12.7. The van der Waals surface area contributed by atoms with Crippen LogP contribution in [0.4, 0.5) is 4.39 Å². The topological polar surface area (TPSA) is 13.1 Å². The fourth-order valence-electron chi connectivity index (χ4n) is 1.51. The number of halogens is 3. The van der Waals surface area contributed by atoms with Crippen LogP contribution in [0.25, 0.3) is 0 Å². The minimum absolute atomic E-state index is 0.113. The fourth-order valence-corrected chi connectivity index (χ4v) is 3.07. The van der Waals surface area contributed by atoms with Crippen LogP contribution in [0.1, 0.15) is 16.0 Å². The van der Waals surface area contributed by atoms with E-state index in [0.29, 0.717) is 4.67 Å². The second-order valence-corrected chi connectivity index (χ2v) is 5.28. The molecular formula is C12H9Br2FO. The summed E-state index contributed by atoms with van der Waals surface area (Å²) in [5.41, 5.74) is 1.99. The molecule has 0 aliphatic carbocycles. The van der Waals surface area contributed by atoms with E-state index in [1.54, 1.807) is 18.4 Å². The van der Waals surface area contributed by atoms with Crippen LogP contribution in [-0.4, -0.2) is 0 Å². The number of alkyl halides is 1. The van der Waals surface area contributed by atoms with Crippen molar-refractivity contribution in [2.45, 2.75) is 11.2 Å². The van der Waals surface area contributed by atoms with Gasteiger partial charge in [0, 0.05) is 10.4 Å². The van der Waals surface area contributed by atoms with E-state index < -0.39 is 0 Å². The van der Waals surface area contributed by atoms with Crippen LogP contribution in [0.5, 0.6) is 0 Å². The van der Waals surface area contributed by atoms with Gasteiger partial charge < -0.3 is 4.42 Å². The highest BCUT2D eigenvalue weighted by atomic mass is 79.9. The lowest BCUT2D eigenvalue weighted by molar-refractivity contribution is 0.536. The maximum Gasteiger partial charge on any atom is 0.173 e. The predicted octanol–water partition coefficient (Wildman–Crippen LogP) is 4.86. The summed E-state index contributed by atoms with van der Waals surface area (Å²) < 4.78 is 18.9. The smallest absolute Gasteiger partial charge is 0.173 e. The molecule has 0 amide bonds. The van der Waals surface area contributed by atoms with Crippen molar-refractivity contribution >= 4 is 31.9 Å². The van der Waals surface area contributed by atoms with E-state index in [2.05, 4.69) is 31.9 Å². The van der Waals surface area contributed by atoms with E-state index in [4.69, 9.17) is 4.42 Å². The van der Waals surface area contributed by atoms with Crippen molar-refractivity contribution in [3.8, 4) is 0 Å². The first-order chi connectivity index (χ1) is 7.66. The Balaban J connectivity index is 2.14. The molecule has 0 aliphatic heterocycles. The first kappa shape index (κ1) is 11.9. The number of benzene rings is 1. The third-order valence-corrected chi connectivity index (χ3v) is 3.75. The second-order valence-electron chi connectivity index (χ2n) is 3.45. The first-order valence-electron chi connectivity index (χ1n) is 4.78. The van der Waals surface area contributed by atoms with Gasteiger partial charge in [-0.2, -0.15) is 0 Å². The van der Waals surface area contributed by atoms with Gasteiger partial charge >= 0.3 is 0 Å². The van der Waals surface area contributed by atoms with E-state index in [1.807, 2.05) is 12.1 Å². The maximum atomic E-state index is 13.0. The summed E-state index contributed by atoms with van der Waals surface area (Å²) in [5, 5.41) is 0. The highest BCUT2D eigenvalue weighted by Gasteiger charge is 2.14. The first-order valence-corrected chi connectivity index (χ1v) is 6.49. The number of hydrogen-bond donors (Lipinski definition) is 0. The van der Waals surface area contributed by atoms with E-state index in [9.17, 15) is 4.39 Å². The molecule has 0 fully saturated rings. The van der Waals surface area contributed by atoms with Crippen molar-refractivity contribution < 1.29 is 8.81 Å². The van der Waals surface area contributed by atoms with Gasteiger partial charge in [0.05, 0.1) is 6.26 Å². The van der Waals surface area contributed by atoms with Crippen LogP contribution in [0, 0.1) is 5.82 Å². The summed E-state index contributed by atoms with van der Waals surface area (Å²) in [6, 6.07) is 8.51. The third kappa shape index (κ3) is 2.74. The third-order valence-electron chi connectivity index (χ3n) is 2.29. The maximum absolute atomic E-state index is 13.0. The van der Waals surface area contributed by atoms with Crippen molar-refractivity contribution in [3.63, 3.8) is 0 Å². The zero-order valence-corrected chi connectivity index (χ0v) is 11.5. The molecule has 0 N–H and O–H groups in total. The summed E-state index contributed by atoms with van der Waals surface area (Å²) in [6.07, 6.45) is 2.34. The molecule has 0 aliphatic rings. The zero-order chi connectivity index (χ0) is 11.5. The summed E-state index contributed by atoms with van der Waals surface area (Å²) in [6.45, 7) is 0. The van der Waals surface area contributed by atoms with Gasteiger partial charge in [-0.3, -0.25) is 0 Å². The largest absolute Gasteiger partial charge is 0.457 e. The molecule has 0 radical (unpaired) electrons. The van der Waals surface area contributed by atoms with Crippen LogP contribution >= 0.6 is 31.9 Å². The Morgan fingerprint density at radius 3 is 2.75 bits per heavy atom. The van der Waals surface area contributed by atoms with Gasteiger partial charge in [0.15, 0.2) is 4.67 Å². The lowest BCUT2D eigenvalue weighted by Crippen LogP contribution is -1.95. The van der Waals surface area contributed by atoms with Gasteiger partial charge in [-0.05, 0) is 46.1 Å². The van der Waals surface area contributed by atoms with E-state index >= 15 is 0 Å². The molecule has 1 aromatic carbocycles. The summed E-state index contributed by atoms with van der Waals surface area (Å²) in [4.78, 5) is 0.113. The van der Waals surface area contributed by atoms with Crippen molar-refractivity contribution in [1.82, 2.24) is 0 Å². The SMILES string of the molecule is Fc1cccc(CC(Br)c2ccoc2Br)c1.